The third kappa shape index (κ3) is 1.61. The third-order valence-corrected chi connectivity index (χ3v) is 1.78. The molecule has 1 unspecified atom stereocenters. The second kappa shape index (κ2) is 2.68. The van der Waals surface area contributed by atoms with Gasteiger partial charge >= 0.3 is 0 Å². The Morgan fingerprint density at radius 3 is 2.64 bits per heavy atom. The number of nitrogens with one attached hydrogen (secondary N) is 1. The van der Waals surface area contributed by atoms with E-state index in [0.29, 0.717) is 0 Å². The standard InChI is InChI=1S/C8H14N2O/c1-6-3-4-7(10-6)8(2,9)5-11/h3-4,10-11H,5,9H2,1-2H3. The number of aromatic nitrogens is 1. The molecule has 3 nitrogen and oxygen atoms in total. The summed E-state index contributed by atoms with van der Waals surface area (Å²) in [6, 6.07) is 3.83. The fourth-order valence-corrected chi connectivity index (χ4v) is 0.922. The number of nitrogens with two attached hydrogens (primary N) is 1. The lowest BCUT2D eigenvalue weighted by atomic mass is 10.0. The van der Waals surface area contributed by atoms with Crippen molar-refractivity contribution in [1.29, 1.82) is 0 Å². The van der Waals surface area contributed by atoms with Crippen LogP contribution in [0.4, 0.5) is 0 Å². The van der Waals surface area contributed by atoms with E-state index in [1.165, 1.54) is 0 Å². The van der Waals surface area contributed by atoms with Crippen molar-refractivity contribution in [3.05, 3.63) is 23.5 Å². The topological polar surface area (TPSA) is 62.0 Å². The minimum atomic E-state index is -0.645. The number of rotatable bonds is 2. The Morgan fingerprint density at radius 1 is 1.64 bits per heavy atom. The van der Waals surface area contributed by atoms with E-state index >= 15 is 0 Å². The molecule has 0 amide bonds. The van der Waals surface area contributed by atoms with Crippen LogP contribution in [-0.4, -0.2) is 16.7 Å². The molecule has 1 heterocycles. The van der Waals surface area contributed by atoms with Gasteiger partial charge in [0, 0.05) is 11.4 Å². The summed E-state index contributed by atoms with van der Waals surface area (Å²) in [6.45, 7) is 3.70. The van der Waals surface area contributed by atoms with Crippen molar-refractivity contribution in [1.82, 2.24) is 4.98 Å². The zero-order chi connectivity index (χ0) is 8.48. The second-order valence-corrected chi connectivity index (χ2v) is 3.13. The smallest absolute Gasteiger partial charge is 0.0766 e. The minimum absolute atomic E-state index is 0.0487. The molecule has 1 atom stereocenters. The molecule has 3 heteroatoms. The average Bonchev–Trinajstić information content (AvgIpc) is 2.36. The lowest BCUT2D eigenvalue weighted by Gasteiger charge is -2.19. The van der Waals surface area contributed by atoms with Gasteiger partial charge in [-0.05, 0) is 26.0 Å². The fourth-order valence-electron chi connectivity index (χ4n) is 0.922. The SMILES string of the molecule is Cc1ccc(C(C)(N)CO)[nH]1. The van der Waals surface area contributed by atoms with Crippen LogP contribution < -0.4 is 5.73 Å². The van der Waals surface area contributed by atoms with Crippen molar-refractivity contribution in [2.75, 3.05) is 6.61 Å². The third-order valence-electron chi connectivity index (χ3n) is 1.78. The van der Waals surface area contributed by atoms with E-state index < -0.39 is 5.54 Å². The van der Waals surface area contributed by atoms with Crippen molar-refractivity contribution in [3.8, 4) is 0 Å². The van der Waals surface area contributed by atoms with Crippen LogP contribution in [0.15, 0.2) is 12.1 Å². The van der Waals surface area contributed by atoms with Crippen LogP contribution in [0, 0.1) is 6.92 Å². The first kappa shape index (κ1) is 8.30. The number of aryl methyl sites for hydroxylation is 1. The molecule has 1 aromatic rings. The maximum atomic E-state index is 8.91. The summed E-state index contributed by atoms with van der Waals surface area (Å²) in [5.74, 6) is 0. The van der Waals surface area contributed by atoms with Gasteiger partial charge in [0.05, 0.1) is 12.1 Å². The molecule has 0 saturated carbocycles. The number of aliphatic hydroxyl groups excluding tert-OH is 1. The van der Waals surface area contributed by atoms with Crippen LogP contribution in [0.5, 0.6) is 0 Å². The number of aromatic amines is 1. The highest BCUT2D eigenvalue weighted by atomic mass is 16.3. The van der Waals surface area contributed by atoms with E-state index in [2.05, 4.69) is 4.98 Å². The molecule has 4 N–H and O–H groups in total. The highest BCUT2D eigenvalue weighted by Crippen LogP contribution is 2.15. The number of aliphatic hydroxyl groups is 1. The number of hydrogen-bond donors (Lipinski definition) is 3. The molecular formula is C8H14N2O. The molecule has 62 valence electrons. The Labute approximate surface area is 66.2 Å². The Bertz CT molecular complexity index is 240. The van der Waals surface area contributed by atoms with Crippen LogP contribution >= 0.6 is 0 Å². The molecule has 1 aromatic heterocycles. The van der Waals surface area contributed by atoms with Gasteiger partial charge in [0.2, 0.25) is 0 Å². The molecule has 0 spiro atoms. The Hall–Kier alpha value is -0.800. The van der Waals surface area contributed by atoms with Gasteiger partial charge in [-0.1, -0.05) is 0 Å². The monoisotopic (exact) mass is 154 g/mol. The van der Waals surface area contributed by atoms with Crippen LogP contribution in [0.25, 0.3) is 0 Å². The quantitative estimate of drug-likeness (QED) is 0.580. The van der Waals surface area contributed by atoms with E-state index in [1.807, 2.05) is 19.1 Å². The molecular weight excluding hydrogens is 140 g/mol. The molecule has 0 aliphatic rings. The molecule has 0 bridgehead atoms. The van der Waals surface area contributed by atoms with E-state index in [4.69, 9.17) is 10.8 Å². The molecule has 0 radical (unpaired) electrons. The Morgan fingerprint density at radius 2 is 2.27 bits per heavy atom. The molecule has 0 saturated heterocycles. The summed E-state index contributed by atoms with van der Waals surface area (Å²) in [5.41, 5.74) is 7.06. The zero-order valence-electron chi connectivity index (χ0n) is 6.89. The van der Waals surface area contributed by atoms with Crippen molar-refractivity contribution >= 4 is 0 Å². The van der Waals surface area contributed by atoms with Crippen molar-refractivity contribution in [2.24, 2.45) is 5.73 Å². The molecule has 0 aromatic carbocycles. The largest absolute Gasteiger partial charge is 0.394 e. The lowest BCUT2D eigenvalue weighted by Crippen LogP contribution is -2.37. The van der Waals surface area contributed by atoms with Gasteiger partial charge in [0.25, 0.3) is 0 Å². The maximum Gasteiger partial charge on any atom is 0.0766 e. The van der Waals surface area contributed by atoms with Crippen LogP contribution in [0.1, 0.15) is 18.3 Å². The van der Waals surface area contributed by atoms with E-state index in [1.54, 1.807) is 6.92 Å². The predicted molar refractivity (Wildman–Crippen MR) is 44.2 cm³/mol. The normalized spacial score (nSPS) is 16.4. The van der Waals surface area contributed by atoms with Crippen molar-refractivity contribution in [3.63, 3.8) is 0 Å². The van der Waals surface area contributed by atoms with Crippen LogP contribution in [-0.2, 0) is 5.54 Å². The Kier molecular flexibility index (Phi) is 2.02. The first-order chi connectivity index (χ1) is 5.06. The minimum Gasteiger partial charge on any atom is -0.394 e. The first-order valence-corrected chi connectivity index (χ1v) is 3.62. The van der Waals surface area contributed by atoms with E-state index in [9.17, 15) is 0 Å². The highest BCUT2D eigenvalue weighted by molar-refractivity contribution is 5.18. The second-order valence-electron chi connectivity index (χ2n) is 3.13. The summed E-state index contributed by atoms with van der Waals surface area (Å²) in [7, 11) is 0. The van der Waals surface area contributed by atoms with E-state index in [0.717, 1.165) is 11.4 Å². The van der Waals surface area contributed by atoms with Gasteiger partial charge in [-0.3, -0.25) is 0 Å². The molecule has 1 rings (SSSR count). The van der Waals surface area contributed by atoms with Crippen LogP contribution in [0.2, 0.25) is 0 Å². The van der Waals surface area contributed by atoms with Gasteiger partial charge in [-0.2, -0.15) is 0 Å². The zero-order valence-corrected chi connectivity index (χ0v) is 6.89. The summed E-state index contributed by atoms with van der Waals surface area (Å²) >= 11 is 0. The number of hydrogen-bond acceptors (Lipinski definition) is 2. The van der Waals surface area contributed by atoms with Gasteiger partial charge in [-0.25, -0.2) is 0 Å². The maximum absolute atomic E-state index is 8.91. The summed E-state index contributed by atoms with van der Waals surface area (Å²) in [6.07, 6.45) is 0. The van der Waals surface area contributed by atoms with Gasteiger partial charge in [0.15, 0.2) is 0 Å². The summed E-state index contributed by atoms with van der Waals surface area (Å²) in [4.78, 5) is 3.08. The molecule has 0 aliphatic heterocycles. The molecule has 0 aliphatic carbocycles. The van der Waals surface area contributed by atoms with Crippen molar-refractivity contribution < 1.29 is 5.11 Å². The average molecular weight is 154 g/mol. The number of H-pyrrole nitrogens is 1. The fraction of sp³-hybridized carbons (Fsp3) is 0.500. The lowest BCUT2D eigenvalue weighted by molar-refractivity contribution is 0.207. The van der Waals surface area contributed by atoms with Gasteiger partial charge < -0.3 is 15.8 Å². The summed E-state index contributed by atoms with van der Waals surface area (Å²) in [5, 5.41) is 8.91. The summed E-state index contributed by atoms with van der Waals surface area (Å²) < 4.78 is 0. The van der Waals surface area contributed by atoms with Crippen LogP contribution in [0.3, 0.4) is 0 Å². The molecule has 0 fully saturated rings. The van der Waals surface area contributed by atoms with Gasteiger partial charge in [0.1, 0.15) is 0 Å². The van der Waals surface area contributed by atoms with E-state index in [-0.39, 0.29) is 6.61 Å². The predicted octanol–water partition coefficient (Wildman–Crippen LogP) is 0.489. The molecule has 11 heavy (non-hydrogen) atoms. The van der Waals surface area contributed by atoms with Gasteiger partial charge in [-0.15, -0.1) is 0 Å². The highest BCUT2D eigenvalue weighted by Gasteiger charge is 2.20. The van der Waals surface area contributed by atoms with Crippen molar-refractivity contribution in [2.45, 2.75) is 19.4 Å². The Balaban J connectivity index is 2.92. The first-order valence-electron chi connectivity index (χ1n) is 3.62.